The fourth-order valence-electron chi connectivity index (χ4n) is 2.83. The van der Waals surface area contributed by atoms with Gasteiger partial charge in [-0.05, 0) is 18.9 Å². The predicted octanol–water partition coefficient (Wildman–Crippen LogP) is 1.94. The molecule has 0 bridgehead atoms. The van der Waals surface area contributed by atoms with Crippen LogP contribution in [0.2, 0.25) is 0 Å². The van der Waals surface area contributed by atoms with E-state index in [0.29, 0.717) is 31.7 Å². The number of hydrogen-bond donors (Lipinski definition) is 0. The molecular weight excluding hydrogens is 269 g/mol. The van der Waals surface area contributed by atoms with E-state index in [4.69, 9.17) is 0 Å². The zero-order valence-corrected chi connectivity index (χ0v) is 11.8. The summed E-state index contributed by atoms with van der Waals surface area (Å²) in [5.41, 5.74) is 0.418. The topological polar surface area (TPSA) is 47.3 Å². The van der Waals surface area contributed by atoms with Crippen LogP contribution in [0.1, 0.15) is 24.4 Å². The summed E-state index contributed by atoms with van der Waals surface area (Å²) in [5, 5.41) is 9.39. The predicted molar refractivity (Wildman–Crippen MR) is 75.6 cm³/mol. The van der Waals surface area contributed by atoms with Gasteiger partial charge in [-0.15, -0.1) is 0 Å². The van der Waals surface area contributed by atoms with Gasteiger partial charge in [0.15, 0.2) is 0 Å². The van der Waals surface area contributed by atoms with Crippen molar-refractivity contribution in [1.82, 2.24) is 9.80 Å². The van der Waals surface area contributed by atoms with Crippen LogP contribution in [0.15, 0.2) is 24.3 Å². The summed E-state index contributed by atoms with van der Waals surface area (Å²) in [7, 11) is 0. The molecule has 0 aromatic heterocycles. The molecule has 3 rings (SSSR count). The molecule has 110 valence electrons. The lowest BCUT2D eigenvalue weighted by molar-refractivity contribution is -0.134. The molecule has 0 spiro atoms. The largest absolute Gasteiger partial charge is 0.340 e. The highest BCUT2D eigenvalue weighted by Crippen LogP contribution is 2.32. The number of amides is 1. The van der Waals surface area contributed by atoms with Gasteiger partial charge in [0, 0.05) is 37.7 Å². The van der Waals surface area contributed by atoms with Crippen molar-refractivity contribution in [3.8, 4) is 6.07 Å². The minimum absolute atomic E-state index is 0.231. The third-order valence-corrected chi connectivity index (χ3v) is 4.24. The van der Waals surface area contributed by atoms with Crippen LogP contribution in [0, 0.1) is 23.1 Å². The van der Waals surface area contributed by atoms with Crippen molar-refractivity contribution in [1.29, 1.82) is 5.26 Å². The summed E-state index contributed by atoms with van der Waals surface area (Å²) in [6.07, 6.45) is 2.02. The van der Waals surface area contributed by atoms with Gasteiger partial charge in [0.05, 0.1) is 6.07 Å². The van der Waals surface area contributed by atoms with Crippen LogP contribution in [-0.4, -0.2) is 41.9 Å². The molecule has 0 radical (unpaired) electrons. The van der Waals surface area contributed by atoms with E-state index >= 15 is 0 Å². The first kappa shape index (κ1) is 14.0. The number of nitrogens with zero attached hydrogens (tertiary/aromatic N) is 3. The summed E-state index contributed by atoms with van der Waals surface area (Å²) in [5.74, 6) is 0.129. The molecule has 1 aliphatic heterocycles. The normalized spacial score (nSPS) is 20.9. The van der Waals surface area contributed by atoms with Gasteiger partial charge >= 0.3 is 0 Å². The van der Waals surface area contributed by atoms with E-state index in [-0.39, 0.29) is 17.6 Å². The van der Waals surface area contributed by atoms with Gasteiger partial charge < -0.3 is 4.90 Å². The van der Waals surface area contributed by atoms with Crippen LogP contribution in [0.3, 0.4) is 0 Å². The Morgan fingerprint density at radius 2 is 1.90 bits per heavy atom. The maximum Gasteiger partial charge on any atom is 0.225 e. The van der Waals surface area contributed by atoms with E-state index in [9.17, 15) is 14.4 Å². The Bertz CT molecular complexity index is 571. The summed E-state index contributed by atoms with van der Waals surface area (Å²) in [6.45, 7) is 2.49. The van der Waals surface area contributed by atoms with E-state index < -0.39 is 6.04 Å². The Balaban J connectivity index is 1.66. The second-order valence-electron chi connectivity index (χ2n) is 5.69. The fourth-order valence-corrected chi connectivity index (χ4v) is 2.83. The summed E-state index contributed by atoms with van der Waals surface area (Å²) >= 11 is 0. The highest BCUT2D eigenvalue weighted by molar-refractivity contribution is 5.81. The first-order valence-electron chi connectivity index (χ1n) is 7.37. The Labute approximate surface area is 123 Å². The molecule has 2 aliphatic rings. The molecule has 1 aliphatic carbocycles. The zero-order valence-electron chi connectivity index (χ0n) is 11.8. The van der Waals surface area contributed by atoms with Gasteiger partial charge in [0.1, 0.15) is 11.9 Å². The summed E-state index contributed by atoms with van der Waals surface area (Å²) in [6, 6.07) is 8.02. The van der Waals surface area contributed by atoms with Crippen LogP contribution in [0.5, 0.6) is 0 Å². The number of nitriles is 1. The first-order chi connectivity index (χ1) is 10.2. The third kappa shape index (κ3) is 2.91. The van der Waals surface area contributed by atoms with E-state index in [1.54, 1.807) is 18.2 Å². The number of carbonyl (C=O) groups is 1. The Hall–Kier alpha value is -1.93. The Morgan fingerprint density at radius 3 is 2.48 bits per heavy atom. The molecule has 1 aromatic carbocycles. The van der Waals surface area contributed by atoms with Gasteiger partial charge in [-0.1, -0.05) is 18.2 Å². The molecule has 1 saturated carbocycles. The second kappa shape index (κ2) is 5.82. The molecule has 1 unspecified atom stereocenters. The van der Waals surface area contributed by atoms with Crippen molar-refractivity contribution < 1.29 is 9.18 Å². The summed E-state index contributed by atoms with van der Waals surface area (Å²) in [4.78, 5) is 15.8. The molecular formula is C16H18FN3O. The third-order valence-electron chi connectivity index (χ3n) is 4.24. The van der Waals surface area contributed by atoms with Crippen molar-refractivity contribution in [3.05, 3.63) is 35.6 Å². The second-order valence-corrected chi connectivity index (χ2v) is 5.69. The van der Waals surface area contributed by atoms with Crippen LogP contribution < -0.4 is 0 Å². The zero-order chi connectivity index (χ0) is 14.8. The summed E-state index contributed by atoms with van der Waals surface area (Å²) < 4.78 is 13.9. The molecule has 1 saturated heterocycles. The molecule has 1 aromatic rings. The van der Waals surface area contributed by atoms with Gasteiger partial charge in [-0.2, -0.15) is 5.26 Å². The van der Waals surface area contributed by atoms with Crippen molar-refractivity contribution >= 4 is 5.91 Å². The minimum atomic E-state index is -0.579. The van der Waals surface area contributed by atoms with Crippen molar-refractivity contribution in [3.63, 3.8) is 0 Å². The number of piperazine rings is 1. The average molecular weight is 287 g/mol. The highest BCUT2D eigenvalue weighted by atomic mass is 19.1. The standard InChI is InChI=1S/C16H18FN3O/c17-14-4-2-1-3-13(14)15(11-18)19-7-9-20(10-8-19)16(21)12-5-6-12/h1-4,12,15H,5-10H2. The number of hydrogen-bond acceptors (Lipinski definition) is 3. The lowest BCUT2D eigenvalue weighted by Gasteiger charge is -2.37. The lowest BCUT2D eigenvalue weighted by Crippen LogP contribution is -2.50. The van der Waals surface area contributed by atoms with Crippen molar-refractivity contribution in [2.75, 3.05) is 26.2 Å². The van der Waals surface area contributed by atoms with E-state index in [1.165, 1.54) is 6.07 Å². The molecule has 5 heteroatoms. The minimum Gasteiger partial charge on any atom is -0.340 e. The van der Waals surface area contributed by atoms with E-state index in [2.05, 4.69) is 6.07 Å². The molecule has 1 amide bonds. The Kier molecular flexibility index (Phi) is 3.89. The van der Waals surface area contributed by atoms with Crippen molar-refractivity contribution in [2.45, 2.75) is 18.9 Å². The quantitative estimate of drug-likeness (QED) is 0.853. The number of carbonyl (C=O) groups excluding carboxylic acids is 1. The molecule has 4 nitrogen and oxygen atoms in total. The lowest BCUT2D eigenvalue weighted by atomic mass is 10.0. The van der Waals surface area contributed by atoms with Crippen LogP contribution in [-0.2, 0) is 4.79 Å². The number of rotatable bonds is 3. The van der Waals surface area contributed by atoms with Crippen LogP contribution in [0.25, 0.3) is 0 Å². The smallest absolute Gasteiger partial charge is 0.225 e. The maximum absolute atomic E-state index is 13.9. The van der Waals surface area contributed by atoms with Gasteiger partial charge in [-0.25, -0.2) is 4.39 Å². The van der Waals surface area contributed by atoms with Crippen LogP contribution in [0.4, 0.5) is 4.39 Å². The molecule has 1 atom stereocenters. The molecule has 2 fully saturated rings. The number of benzene rings is 1. The van der Waals surface area contributed by atoms with Gasteiger partial charge in [0.2, 0.25) is 5.91 Å². The van der Waals surface area contributed by atoms with Crippen LogP contribution >= 0.6 is 0 Å². The fraction of sp³-hybridized carbons (Fsp3) is 0.500. The molecule has 1 heterocycles. The van der Waals surface area contributed by atoms with Crippen molar-refractivity contribution in [2.24, 2.45) is 5.92 Å². The first-order valence-corrected chi connectivity index (χ1v) is 7.37. The van der Waals surface area contributed by atoms with E-state index in [1.807, 2.05) is 9.80 Å². The molecule has 0 N–H and O–H groups in total. The maximum atomic E-state index is 13.9. The van der Waals surface area contributed by atoms with Gasteiger partial charge in [-0.3, -0.25) is 9.69 Å². The number of halogens is 1. The monoisotopic (exact) mass is 287 g/mol. The van der Waals surface area contributed by atoms with Gasteiger partial charge in [0.25, 0.3) is 0 Å². The SMILES string of the molecule is N#CC(c1ccccc1F)N1CCN(C(=O)C2CC2)CC1. The highest BCUT2D eigenvalue weighted by Gasteiger charge is 2.35. The Morgan fingerprint density at radius 1 is 1.24 bits per heavy atom. The molecule has 21 heavy (non-hydrogen) atoms. The van der Waals surface area contributed by atoms with E-state index in [0.717, 1.165) is 12.8 Å². The average Bonchev–Trinajstić information content (AvgIpc) is 3.35.